The van der Waals surface area contributed by atoms with Gasteiger partial charge in [0.05, 0.1) is 20.6 Å². The van der Waals surface area contributed by atoms with E-state index in [4.69, 9.17) is 23.2 Å². The second-order valence-electron chi connectivity index (χ2n) is 9.67. The summed E-state index contributed by atoms with van der Waals surface area (Å²) in [5.74, 6) is -0.914. The Balaban J connectivity index is 1.80. The highest BCUT2D eigenvalue weighted by Crippen LogP contribution is 2.27. The zero-order valence-electron chi connectivity index (χ0n) is 23.3. The summed E-state index contributed by atoms with van der Waals surface area (Å²) in [6.45, 7) is 1.61. The van der Waals surface area contributed by atoms with Crippen LogP contribution in [-0.4, -0.2) is 44.3 Å². The van der Waals surface area contributed by atoms with Crippen molar-refractivity contribution in [3.05, 3.63) is 128 Å². The molecule has 0 aliphatic carbocycles. The Morgan fingerprint density at radius 1 is 0.837 bits per heavy atom. The Morgan fingerprint density at radius 2 is 1.47 bits per heavy atom. The smallest absolute Gasteiger partial charge is 0.264 e. The van der Waals surface area contributed by atoms with Crippen molar-refractivity contribution in [3.8, 4) is 0 Å². The molecule has 4 rings (SSSR count). The zero-order valence-corrected chi connectivity index (χ0v) is 27.8. The van der Waals surface area contributed by atoms with Gasteiger partial charge in [-0.15, -0.1) is 0 Å². The SMILES string of the molecule is CCNC(=O)[C@H](Cc1ccccc1)N(Cc1ccc(Cl)c(Cl)c1)C(=O)CN(c1ccc(I)cc1)S(=O)(=O)c1ccccc1. The third-order valence-electron chi connectivity index (χ3n) is 6.68. The third kappa shape index (κ3) is 8.50. The van der Waals surface area contributed by atoms with Crippen LogP contribution in [0.5, 0.6) is 0 Å². The Labute approximate surface area is 276 Å². The van der Waals surface area contributed by atoms with Crippen LogP contribution in [-0.2, 0) is 32.6 Å². The third-order valence-corrected chi connectivity index (χ3v) is 9.93. The molecule has 0 saturated heterocycles. The number of rotatable bonds is 12. The van der Waals surface area contributed by atoms with E-state index in [2.05, 4.69) is 27.9 Å². The summed E-state index contributed by atoms with van der Waals surface area (Å²) in [5, 5.41) is 3.50. The largest absolute Gasteiger partial charge is 0.355 e. The molecule has 0 bridgehead atoms. The summed E-state index contributed by atoms with van der Waals surface area (Å²) in [5.41, 5.74) is 1.80. The lowest BCUT2D eigenvalue weighted by Crippen LogP contribution is -2.53. The number of anilines is 1. The van der Waals surface area contributed by atoms with Gasteiger partial charge in [0.15, 0.2) is 0 Å². The summed E-state index contributed by atoms with van der Waals surface area (Å²) in [4.78, 5) is 29.3. The van der Waals surface area contributed by atoms with Crippen molar-refractivity contribution in [2.45, 2.75) is 30.8 Å². The molecule has 11 heteroatoms. The molecule has 0 aliphatic heterocycles. The molecule has 224 valence electrons. The van der Waals surface area contributed by atoms with Crippen LogP contribution in [0.4, 0.5) is 5.69 Å². The number of sulfonamides is 1. The van der Waals surface area contributed by atoms with E-state index in [0.29, 0.717) is 27.8 Å². The summed E-state index contributed by atoms with van der Waals surface area (Å²) >= 11 is 14.6. The van der Waals surface area contributed by atoms with Crippen LogP contribution in [0.25, 0.3) is 0 Å². The Morgan fingerprint density at radius 3 is 2.07 bits per heavy atom. The first-order valence-corrected chi connectivity index (χ1v) is 16.8. The fourth-order valence-electron chi connectivity index (χ4n) is 4.54. The highest BCUT2D eigenvalue weighted by atomic mass is 127. The summed E-state index contributed by atoms with van der Waals surface area (Å²) in [7, 11) is -4.15. The number of carbonyl (C=O) groups excluding carboxylic acids is 2. The van der Waals surface area contributed by atoms with Gasteiger partial charge in [-0.3, -0.25) is 13.9 Å². The highest BCUT2D eigenvalue weighted by molar-refractivity contribution is 14.1. The highest BCUT2D eigenvalue weighted by Gasteiger charge is 2.34. The topological polar surface area (TPSA) is 86.8 Å². The van der Waals surface area contributed by atoms with Crippen molar-refractivity contribution >= 4 is 73.3 Å². The van der Waals surface area contributed by atoms with E-state index in [1.165, 1.54) is 17.0 Å². The van der Waals surface area contributed by atoms with E-state index in [1.807, 2.05) is 30.3 Å². The molecule has 4 aromatic carbocycles. The molecular weight excluding hydrogens is 720 g/mol. The fourth-order valence-corrected chi connectivity index (χ4v) is 6.65. The molecule has 2 amide bonds. The summed E-state index contributed by atoms with van der Waals surface area (Å²) < 4.78 is 29.9. The monoisotopic (exact) mass is 749 g/mol. The number of hydrogen-bond acceptors (Lipinski definition) is 4. The van der Waals surface area contributed by atoms with Gasteiger partial charge in [-0.2, -0.15) is 0 Å². The van der Waals surface area contributed by atoms with Crippen molar-refractivity contribution in [1.29, 1.82) is 0 Å². The zero-order chi connectivity index (χ0) is 31.0. The molecule has 4 aromatic rings. The first-order chi connectivity index (χ1) is 20.6. The lowest BCUT2D eigenvalue weighted by Gasteiger charge is -2.34. The summed E-state index contributed by atoms with van der Waals surface area (Å²) in [6.07, 6.45) is 0.217. The maximum atomic E-state index is 14.3. The molecule has 43 heavy (non-hydrogen) atoms. The number of amides is 2. The summed E-state index contributed by atoms with van der Waals surface area (Å²) in [6, 6.07) is 28.2. The number of benzene rings is 4. The van der Waals surface area contributed by atoms with Crippen LogP contribution in [0.3, 0.4) is 0 Å². The van der Waals surface area contributed by atoms with E-state index in [9.17, 15) is 18.0 Å². The average molecular weight is 750 g/mol. The van der Waals surface area contributed by atoms with Crippen LogP contribution < -0.4 is 9.62 Å². The molecule has 0 saturated carbocycles. The minimum Gasteiger partial charge on any atom is -0.355 e. The maximum Gasteiger partial charge on any atom is 0.264 e. The average Bonchev–Trinajstić information content (AvgIpc) is 3.01. The van der Waals surface area contributed by atoms with Crippen molar-refractivity contribution in [2.24, 2.45) is 0 Å². The van der Waals surface area contributed by atoms with Crippen molar-refractivity contribution in [2.75, 3.05) is 17.4 Å². The lowest BCUT2D eigenvalue weighted by atomic mass is 10.0. The van der Waals surface area contributed by atoms with E-state index in [0.717, 1.165) is 13.4 Å². The van der Waals surface area contributed by atoms with Crippen LogP contribution in [0.2, 0.25) is 10.0 Å². The number of hydrogen-bond donors (Lipinski definition) is 1. The first kappa shape index (κ1) is 32.8. The van der Waals surface area contributed by atoms with Crippen LogP contribution in [0.1, 0.15) is 18.1 Å². The van der Waals surface area contributed by atoms with Gasteiger partial charge in [-0.05, 0) is 89.2 Å². The molecule has 0 aliphatic rings. The van der Waals surface area contributed by atoms with Gasteiger partial charge >= 0.3 is 0 Å². The van der Waals surface area contributed by atoms with Gasteiger partial charge in [0, 0.05) is 23.1 Å². The number of halogens is 3. The predicted octanol–water partition coefficient (Wildman–Crippen LogP) is 6.57. The fraction of sp³-hybridized carbons (Fsp3) is 0.188. The molecule has 0 fully saturated rings. The second kappa shape index (κ2) is 15.1. The van der Waals surface area contributed by atoms with Gasteiger partial charge in [-0.1, -0.05) is 77.8 Å². The Kier molecular flexibility index (Phi) is 11.5. The molecule has 0 unspecified atom stereocenters. The predicted molar refractivity (Wildman–Crippen MR) is 180 cm³/mol. The van der Waals surface area contributed by atoms with E-state index < -0.39 is 28.5 Å². The van der Waals surface area contributed by atoms with Crippen molar-refractivity contribution < 1.29 is 18.0 Å². The molecule has 0 heterocycles. The second-order valence-corrected chi connectivity index (χ2v) is 13.6. The van der Waals surface area contributed by atoms with Gasteiger partial charge in [0.25, 0.3) is 10.0 Å². The van der Waals surface area contributed by atoms with Gasteiger partial charge in [0.2, 0.25) is 11.8 Å². The first-order valence-electron chi connectivity index (χ1n) is 13.5. The molecule has 1 atom stereocenters. The molecule has 1 N–H and O–H groups in total. The van der Waals surface area contributed by atoms with E-state index in [1.54, 1.807) is 67.6 Å². The Hall–Kier alpha value is -3.12. The van der Waals surface area contributed by atoms with Crippen molar-refractivity contribution in [3.63, 3.8) is 0 Å². The molecule has 0 spiro atoms. The van der Waals surface area contributed by atoms with E-state index >= 15 is 0 Å². The number of likely N-dealkylation sites (N-methyl/N-ethyl adjacent to an activating group) is 1. The number of nitrogens with one attached hydrogen (secondary N) is 1. The quantitative estimate of drug-likeness (QED) is 0.166. The molecule has 0 aromatic heterocycles. The van der Waals surface area contributed by atoms with Crippen LogP contribution in [0, 0.1) is 3.57 Å². The number of carbonyl (C=O) groups is 2. The van der Waals surface area contributed by atoms with Gasteiger partial charge in [0.1, 0.15) is 12.6 Å². The molecular formula is C32H30Cl2IN3O4S. The molecule has 7 nitrogen and oxygen atoms in total. The van der Waals surface area contributed by atoms with Gasteiger partial charge < -0.3 is 10.2 Å². The lowest BCUT2D eigenvalue weighted by molar-refractivity contribution is -0.140. The normalized spacial score (nSPS) is 11.9. The van der Waals surface area contributed by atoms with Gasteiger partial charge in [-0.25, -0.2) is 8.42 Å². The number of nitrogens with zero attached hydrogens (tertiary/aromatic N) is 2. The minimum atomic E-state index is -4.15. The maximum absolute atomic E-state index is 14.3. The van der Waals surface area contributed by atoms with E-state index in [-0.39, 0.29) is 23.8 Å². The minimum absolute atomic E-state index is 0.00370. The van der Waals surface area contributed by atoms with Crippen LogP contribution >= 0.6 is 45.8 Å². The molecule has 0 radical (unpaired) electrons. The Bertz CT molecular complexity index is 1660. The van der Waals surface area contributed by atoms with Crippen molar-refractivity contribution in [1.82, 2.24) is 10.2 Å². The standard InChI is InChI=1S/C32H30Cl2IN3O4S/c1-2-36-32(40)30(20-23-9-5-3-6-10-23)37(21-24-13-18-28(33)29(34)19-24)31(39)22-38(26-16-14-25(35)15-17-26)43(41,42)27-11-7-4-8-12-27/h3-19,30H,2,20-22H2,1H3,(H,36,40)/t30-/m0/s1. The van der Waals surface area contributed by atoms with Crippen LogP contribution in [0.15, 0.2) is 108 Å².